The molecule has 0 fully saturated rings. The molecule has 1 aromatic carbocycles. The quantitative estimate of drug-likeness (QED) is 0.826. The van der Waals surface area contributed by atoms with E-state index in [0.717, 1.165) is 30.0 Å². The van der Waals surface area contributed by atoms with E-state index in [1.54, 1.807) is 6.26 Å². The van der Waals surface area contributed by atoms with E-state index in [4.69, 9.17) is 9.15 Å². The van der Waals surface area contributed by atoms with Crippen molar-refractivity contribution in [2.75, 3.05) is 7.05 Å². The molecule has 0 unspecified atom stereocenters. The summed E-state index contributed by atoms with van der Waals surface area (Å²) in [5, 5.41) is 3.09. The Kier molecular flexibility index (Phi) is 5.04. The van der Waals surface area contributed by atoms with Crippen LogP contribution in [0.25, 0.3) is 0 Å². The second kappa shape index (κ2) is 7.00. The third-order valence-corrected chi connectivity index (χ3v) is 2.93. The summed E-state index contributed by atoms with van der Waals surface area (Å²) in [5.74, 6) is 1.73. The average Bonchev–Trinajstić information content (AvgIpc) is 2.87. The fourth-order valence-electron chi connectivity index (χ4n) is 1.99. The van der Waals surface area contributed by atoms with Crippen LogP contribution in [0.4, 0.5) is 0 Å². The van der Waals surface area contributed by atoms with Crippen LogP contribution in [0.1, 0.15) is 30.2 Å². The van der Waals surface area contributed by atoms with Gasteiger partial charge in [-0.1, -0.05) is 25.5 Å². The Morgan fingerprint density at radius 1 is 1.16 bits per heavy atom. The monoisotopic (exact) mass is 259 g/mol. The van der Waals surface area contributed by atoms with Crippen LogP contribution in [-0.2, 0) is 19.6 Å². The summed E-state index contributed by atoms with van der Waals surface area (Å²) in [4.78, 5) is 0. The minimum atomic E-state index is 0.469. The highest BCUT2D eigenvalue weighted by Gasteiger charge is 2.02. The van der Waals surface area contributed by atoms with Gasteiger partial charge in [0, 0.05) is 12.1 Å². The smallest absolute Gasteiger partial charge is 0.146 e. The van der Waals surface area contributed by atoms with Gasteiger partial charge in [0.05, 0.1) is 6.26 Å². The van der Waals surface area contributed by atoms with Crippen LogP contribution in [0.15, 0.2) is 41.0 Å². The molecule has 0 bridgehead atoms. The lowest BCUT2D eigenvalue weighted by Gasteiger charge is -2.05. The van der Waals surface area contributed by atoms with Gasteiger partial charge in [-0.25, -0.2) is 0 Å². The summed E-state index contributed by atoms with van der Waals surface area (Å²) >= 11 is 0. The molecule has 0 amide bonds. The van der Waals surface area contributed by atoms with Crippen LogP contribution in [0.5, 0.6) is 5.75 Å². The van der Waals surface area contributed by atoms with Crippen molar-refractivity contribution in [3.63, 3.8) is 0 Å². The second-order valence-corrected chi connectivity index (χ2v) is 4.63. The first-order valence-corrected chi connectivity index (χ1v) is 6.74. The first-order valence-electron chi connectivity index (χ1n) is 6.74. The van der Waals surface area contributed by atoms with E-state index in [9.17, 15) is 0 Å². The van der Waals surface area contributed by atoms with Gasteiger partial charge in [0.1, 0.15) is 18.1 Å². The van der Waals surface area contributed by atoms with Crippen molar-refractivity contribution in [1.82, 2.24) is 5.32 Å². The Bertz CT molecular complexity index is 488. The molecule has 1 N–H and O–H groups in total. The van der Waals surface area contributed by atoms with Gasteiger partial charge in [0.25, 0.3) is 0 Å². The molecule has 0 aliphatic carbocycles. The van der Waals surface area contributed by atoms with Crippen molar-refractivity contribution in [3.8, 4) is 5.75 Å². The molecule has 19 heavy (non-hydrogen) atoms. The molecule has 0 saturated heterocycles. The molecule has 2 aromatic rings. The maximum atomic E-state index is 5.70. The van der Waals surface area contributed by atoms with E-state index in [0.29, 0.717) is 6.61 Å². The predicted octanol–water partition coefficient (Wildman–Crippen LogP) is 3.53. The Hall–Kier alpha value is -1.74. The van der Waals surface area contributed by atoms with Crippen molar-refractivity contribution >= 4 is 0 Å². The number of rotatable bonds is 7. The zero-order valence-corrected chi connectivity index (χ0v) is 11.6. The van der Waals surface area contributed by atoms with Gasteiger partial charge in [-0.05, 0) is 37.2 Å². The number of aryl methyl sites for hydroxylation is 1. The maximum Gasteiger partial charge on any atom is 0.146 e. The highest BCUT2D eigenvalue weighted by Crippen LogP contribution is 2.16. The third-order valence-electron chi connectivity index (χ3n) is 2.93. The second-order valence-electron chi connectivity index (χ2n) is 4.63. The Labute approximate surface area is 114 Å². The zero-order chi connectivity index (χ0) is 13.5. The van der Waals surface area contributed by atoms with Crippen LogP contribution in [0, 0.1) is 0 Å². The number of hydrogen-bond donors (Lipinski definition) is 1. The minimum absolute atomic E-state index is 0.469. The molecule has 0 aliphatic rings. The summed E-state index contributed by atoms with van der Waals surface area (Å²) in [7, 11) is 1.92. The van der Waals surface area contributed by atoms with Crippen molar-refractivity contribution in [2.45, 2.75) is 32.9 Å². The third kappa shape index (κ3) is 4.14. The zero-order valence-electron chi connectivity index (χ0n) is 11.6. The van der Waals surface area contributed by atoms with E-state index in [-0.39, 0.29) is 0 Å². The van der Waals surface area contributed by atoms with Gasteiger partial charge in [-0.2, -0.15) is 0 Å². The van der Waals surface area contributed by atoms with E-state index in [1.165, 1.54) is 12.0 Å². The van der Waals surface area contributed by atoms with Gasteiger partial charge in [0.15, 0.2) is 0 Å². The number of hydrogen-bond acceptors (Lipinski definition) is 3. The normalized spacial score (nSPS) is 10.6. The van der Waals surface area contributed by atoms with Crippen LogP contribution >= 0.6 is 0 Å². The molecule has 3 nitrogen and oxygen atoms in total. The molecule has 0 saturated carbocycles. The summed E-state index contributed by atoms with van der Waals surface area (Å²) in [6, 6.07) is 10.3. The number of ether oxygens (including phenoxy) is 1. The molecule has 3 heteroatoms. The van der Waals surface area contributed by atoms with Crippen LogP contribution in [0.3, 0.4) is 0 Å². The topological polar surface area (TPSA) is 34.4 Å². The number of furan rings is 1. The van der Waals surface area contributed by atoms with Crippen LogP contribution < -0.4 is 10.1 Å². The largest absolute Gasteiger partial charge is 0.486 e. The van der Waals surface area contributed by atoms with Crippen LogP contribution in [-0.4, -0.2) is 7.05 Å². The molecule has 0 atom stereocenters. The molecule has 102 valence electrons. The standard InChI is InChI=1S/C16H21NO2/c1-3-4-13-5-7-15(8-6-13)19-12-16-9-14(10-17-2)11-18-16/h5-9,11,17H,3-4,10,12H2,1-2H3. The van der Waals surface area contributed by atoms with E-state index in [1.807, 2.05) is 25.2 Å². The molecule has 2 rings (SSSR count). The summed E-state index contributed by atoms with van der Waals surface area (Å²) in [6.45, 7) is 3.47. The molecule has 1 heterocycles. The summed E-state index contributed by atoms with van der Waals surface area (Å²) in [5.41, 5.74) is 2.49. The molecule has 0 spiro atoms. The van der Waals surface area contributed by atoms with Gasteiger partial charge < -0.3 is 14.5 Å². The minimum Gasteiger partial charge on any atom is -0.486 e. The van der Waals surface area contributed by atoms with Gasteiger partial charge in [-0.15, -0.1) is 0 Å². The number of nitrogens with one attached hydrogen (secondary N) is 1. The molecule has 0 radical (unpaired) electrons. The fraction of sp³-hybridized carbons (Fsp3) is 0.375. The predicted molar refractivity (Wildman–Crippen MR) is 76.2 cm³/mol. The van der Waals surface area contributed by atoms with Gasteiger partial charge in [-0.3, -0.25) is 0 Å². The first kappa shape index (κ1) is 13.7. The van der Waals surface area contributed by atoms with Crippen LogP contribution in [0.2, 0.25) is 0 Å². The average molecular weight is 259 g/mol. The van der Waals surface area contributed by atoms with Crippen molar-refractivity contribution in [1.29, 1.82) is 0 Å². The van der Waals surface area contributed by atoms with E-state index >= 15 is 0 Å². The Balaban J connectivity index is 1.86. The molecule has 1 aromatic heterocycles. The lowest BCUT2D eigenvalue weighted by Crippen LogP contribution is -2.03. The number of benzene rings is 1. The molecular weight excluding hydrogens is 238 g/mol. The fourth-order valence-corrected chi connectivity index (χ4v) is 1.99. The van der Waals surface area contributed by atoms with Gasteiger partial charge >= 0.3 is 0 Å². The highest BCUT2D eigenvalue weighted by atomic mass is 16.5. The van der Waals surface area contributed by atoms with Gasteiger partial charge in [0.2, 0.25) is 0 Å². The Morgan fingerprint density at radius 3 is 2.63 bits per heavy atom. The summed E-state index contributed by atoms with van der Waals surface area (Å²) < 4.78 is 11.1. The molecular formula is C16H21NO2. The van der Waals surface area contributed by atoms with Crippen molar-refractivity contribution in [2.24, 2.45) is 0 Å². The SMILES string of the molecule is CCCc1ccc(OCc2cc(CNC)co2)cc1. The highest BCUT2D eigenvalue weighted by molar-refractivity contribution is 5.27. The van der Waals surface area contributed by atoms with E-state index < -0.39 is 0 Å². The maximum absolute atomic E-state index is 5.70. The van der Waals surface area contributed by atoms with E-state index in [2.05, 4.69) is 24.4 Å². The lowest BCUT2D eigenvalue weighted by atomic mass is 10.1. The molecule has 0 aliphatic heterocycles. The Morgan fingerprint density at radius 2 is 1.95 bits per heavy atom. The lowest BCUT2D eigenvalue weighted by molar-refractivity contribution is 0.270. The summed E-state index contributed by atoms with van der Waals surface area (Å²) in [6.07, 6.45) is 4.05. The first-order chi connectivity index (χ1) is 9.31. The van der Waals surface area contributed by atoms with Crippen molar-refractivity contribution < 1.29 is 9.15 Å². The van der Waals surface area contributed by atoms with Crippen molar-refractivity contribution in [3.05, 3.63) is 53.5 Å².